The number of anilines is 1. The molecule has 7 nitrogen and oxygen atoms in total. The molecule has 0 spiro atoms. The SMILES string of the molecule is C[C@@H]1C[C@H](C(F)(F)F)n2nc(C3CCN(S(=O)(=O)N4CCCC4)CC3)cc2N1. The highest BCUT2D eigenvalue weighted by Crippen LogP contribution is 2.41. The van der Waals surface area contributed by atoms with Gasteiger partial charge in [0.25, 0.3) is 10.2 Å². The van der Waals surface area contributed by atoms with Gasteiger partial charge in [0.05, 0.1) is 5.69 Å². The molecule has 4 rings (SSSR count). The zero-order valence-electron chi connectivity index (χ0n) is 15.8. The molecule has 11 heteroatoms. The molecular formula is C17H26F3N5O2S. The van der Waals surface area contributed by atoms with Gasteiger partial charge in [-0.15, -0.1) is 0 Å². The Kier molecular flexibility index (Phi) is 5.11. The van der Waals surface area contributed by atoms with Crippen LogP contribution in [0.2, 0.25) is 0 Å². The van der Waals surface area contributed by atoms with Crippen molar-refractivity contribution in [3.8, 4) is 0 Å². The molecule has 2 atom stereocenters. The molecule has 158 valence electrons. The summed E-state index contributed by atoms with van der Waals surface area (Å²) in [7, 11) is -3.43. The summed E-state index contributed by atoms with van der Waals surface area (Å²) < 4.78 is 69.7. The second-order valence-electron chi connectivity index (χ2n) is 8.02. The minimum absolute atomic E-state index is 0.0332. The molecule has 1 aromatic heterocycles. The topological polar surface area (TPSA) is 70.5 Å². The van der Waals surface area contributed by atoms with E-state index in [9.17, 15) is 21.6 Å². The first-order valence-corrected chi connectivity index (χ1v) is 11.2. The molecule has 0 bridgehead atoms. The molecule has 0 saturated carbocycles. The van der Waals surface area contributed by atoms with Crippen LogP contribution >= 0.6 is 0 Å². The monoisotopic (exact) mass is 421 g/mol. The van der Waals surface area contributed by atoms with Crippen LogP contribution in [0.5, 0.6) is 0 Å². The number of aromatic nitrogens is 2. The van der Waals surface area contributed by atoms with Gasteiger partial charge in [-0.05, 0) is 39.0 Å². The molecule has 0 unspecified atom stereocenters. The number of fused-ring (bicyclic) bond motifs is 1. The fourth-order valence-electron chi connectivity index (χ4n) is 4.44. The first-order valence-electron chi connectivity index (χ1n) is 9.84. The third-order valence-corrected chi connectivity index (χ3v) is 8.02. The maximum Gasteiger partial charge on any atom is 0.410 e. The summed E-state index contributed by atoms with van der Waals surface area (Å²) in [6, 6.07) is -0.205. The zero-order chi connectivity index (χ0) is 20.1. The number of hydrogen-bond donors (Lipinski definition) is 1. The number of halogens is 3. The molecule has 0 aliphatic carbocycles. The largest absolute Gasteiger partial charge is 0.410 e. The molecule has 3 aliphatic rings. The fraction of sp³-hybridized carbons (Fsp3) is 0.824. The highest BCUT2D eigenvalue weighted by Gasteiger charge is 2.46. The fourth-order valence-corrected chi connectivity index (χ4v) is 6.16. The minimum atomic E-state index is -4.35. The minimum Gasteiger partial charge on any atom is -0.368 e. The van der Waals surface area contributed by atoms with Gasteiger partial charge in [0.1, 0.15) is 5.82 Å². The summed E-state index contributed by atoms with van der Waals surface area (Å²) >= 11 is 0. The number of hydrogen-bond acceptors (Lipinski definition) is 4. The molecule has 2 fully saturated rings. The van der Waals surface area contributed by atoms with Gasteiger partial charge in [0.2, 0.25) is 0 Å². The average molecular weight is 421 g/mol. The Morgan fingerprint density at radius 3 is 2.32 bits per heavy atom. The molecule has 1 aromatic rings. The Hall–Kier alpha value is -1.33. The molecule has 0 amide bonds. The number of nitrogens with zero attached hydrogens (tertiary/aromatic N) is 4. The molecule has 3 aliphatic heterocycles. The van der Waals surface area contributed by atoms with Gasteiger partial charge in [-0.3, -0.25) is 0 Å². The van der Waals surface area contributed by atoms with Gasteiger partial charge in [-0.1, -0.05) is 0 Å². The van der Waals surface area contributed by atoms with E-state index >= 15 is 0 Å². The molecule has 0 aromatic carbocycles. The molecule has 1 N–H and O–H groups in total. The van der Waals surface area contributed by atoms with Gasteiger partial charge in [0.15, 0.2) is 6.04 Å². The molecular weight excluding hydrogens is 395 g/mol. The molecule has 28 heavy (non-hydrogen) atoms. The predicted molar refractivity (Wildman–Crippen MR) is 98.3 cm³/mol. The van der Waals surface area contributed by atoms with Gasteiger partial charge < -0.3 is 5.32 Å². The van der Waals surface area contributed by atoms with Crippen LogP contribution in [0.25, 0.3) is 0 Å². The maximum absolute atomic E-state index is 13.4. The van der Waals surface area contributed by atoms with Gasteiger partial charge in [-0.25, -0.2) is 4.68 Å². The van der Waals surface area contributed by atoms with Crippen LogP contribution < -0.4 is 5.32 Å². The maximum atomic E-state index is 13.4. The van der Waals surface area contributed by atoms with E-state index in [2.05, 4.69) is 10.4 Å². The van der Waals surface area contributed by atoms with Crippen LogP contribution in [0, 0.1) is 0 Å². The van der Waals surface area contributed by atoms with E-state index in [-0.39, 0.29) is 18.4 Å². The van der Waals surface area contributed by atoms with Crippen LogP contribution in [0.3, 0.4) is 0 Å². The summed E-state index contributed by atoms with van der Waals surface area (Å²) in [4.78, 5) is 0. The zero-order valence-corrected chi connectivity index (χ0v) is 16.6. The standard InChI is InChI=1S/C17H26F3N5O2S/c1-12-10-15(17(18,19)20)25-16(21-12)11-14(22-25)13-4-8-24(9-5-13)28(26,27)23-6-2-3-7-23/h11-13,15,21H,2-10H2,1H3/t12-,15-/m1/s1. The summed E-state index contributed by atoms with van der Waals surface area (Å²) in [6.07, 6.45) is -1.49. The predicted octanol–water partition coefficient (Wildman–Crippen LogP) is 2.71. The third-order valence-electron chi connectivity index (χ3n) is 5.99. The van der Waals surface area contributed by atoms with E-state index in [1.165, 1.54) is 8.61 Å². The van der Waals surface area contributed by atoms with E-state index in [1.807, 2.05) is 0 Å². The van der Waals surface area contributed by atoms with Crippen molar-refractivity contribution in [3.05, 3.63) is 11.8 Å². The average Bonchev–Trinajstić information content (AvgIpc) is 3.30. The highest BCUT2D eigenvalue weighted by molar-refractivity contribution is 7.86. The van der Waals surface area contributed by atoms with Crippen LogP contribution in [-0.2, 0) is 10.2 Å². The number of rotatable bonds is 3. The summed E-state index contributed by atoms with van der Waals surface area (Å²) in [5.74, 6) is 0.359. The van der Waals surface area contributed by atoms with E-state index < -0.39 is 22.4 Å². The lowest BCUT2D eigenvalue weighted by Crippen LogP contribution is -2.45. The number of piperidine rings is 1. The smallest absolute Gasteiger partial charge is 0.368 e. The van der Waals surface area contributed by atoms with Crippen molar-refractivity contribution in [1.82, 2.24) is 18.4 Å². The quantitative estimate of drug-likeness (QED) is 0.815. The third kappa shape index (κ3) is 3.63. The summed E-state index contributed by atoms with van der Waals surface area (Å²) in [5, 5.41) is 7.36. The van der Waals surface area contributed by atoms with Crippen molar-refractivity contribution >= 4 is 16.0 Å². The lowest BCUT2D eigenvalue weighted by Gasteiger charge is -2.33. The molecule has 2 saturated heterocycles. The molecule has 4 heterocycles. The Bertz CT molecular complexity index is 811. The summed E-state index contributed by atoms with van der Waals surface area (Å²) in [5.41, 5.74) is 0.615. The van der Waals surface area contributed by atoms with Gasteiger partial charge in [-0.2, -0.15) is 35.3 Å². The van der Waals surface area contributed by atoms with E-state index in [0.717, 1.165) is 17.5 Å². The first-order chi connectivity index (χ1) is 13.2. The number of nitrogens with one attached hydrogen (secondary N) is 1. The second kappa shape index (κ2) is 7.17. The van der Waals surface area contributed by atoms with Crippen molar-refractivity contribution in [2.45, 2.75) is 63.2 Å². The van der Waals surface area contributed by atoms with E-state index in [1.54, 1.807) is 13.0 Å². The van der Waals surface area contributed by atoms with Crippen molar-refractivity contribution < 1.29 is 21.6 Å². The van der Waals surface area contributed by atoms with Crippen molar-refractivity contribution in [3.63, 3.8) is 0 Å². The van der Waals surface area contributed by atoms with E-state index in [4.69, 9.17) is 0 Å². The van der Waals surface area contributed by atoms with Crippen molar-refractivity contribution in [2.75, 3.05) is 31.5 Å². The van der Waals surface area contributed by atoms with Gasteiger partial charge >= 0.3 is 6.18 Å². The highest BCUT2D eigenvalue weighted by atomic mass is 32.2. The van der Waals surface area contributed by atoms with Crippen LogP contribution in [0.4, 0.5) is 19.0 Å². The Balaban J connectivity index is 1.47. The van der Waals surface area contributed by atoms with Crippen LogP contribution in [-0.4, -0.2) is 65.2 Å². The van der Waals surface area contributed by atoms with Crippen molar-refractivity contribution in [1.29, 1.82) is 0 Å². The Labute approximate surface area is 163 Å². The summed E-state index contributed by atoms with van der Waals surface area (Å²) in [6.45, 7) is 3.62. The van der Waals surface area contributed by atoms with Gasteiger partial charge in [0, 0.05) is 44.2 Å². The Morgan fingerprint density at radius 2 is 1.71 bits per heavy atom. The van der Waals surface area contributed by atoms with Crippen LogP contribution in [0.15, 0.2) is 6.07 Å². The van der Waals surface area contributed by atoms with Crippen molar-refractivity contribution in [2.24, 2.45) is 0 Å². The van der Waals surface area contributed by atoms with E-state index in [0.29, 0.717) is 50.5 Å². The Morgan fingerprint density at radius 1 is 1.11 bits per heavy atom. The second-order valence-corrected chi connectivity index (χ2v) is 9.95. The molecule has 0 radical (unpaired) electrons. The normalized spacial score (nSPS) is 28.3. The number of alkyl halides is 3. The lowest BCUT2D eigenvalue weighted by atomic mass is 9.95. The van der Waals surface area contributed by atoms with Crippen LogP contribution in [0.1, 0.15) is 56.7 Å². The first kappa shape index (κ1) is 20.0. The lowest BCUT2D eigenvalue weighted by molar-refractivity contribution is -0.173.